The van der Waals surface area contributed by atoms with E-state index in [1.165, 1.54) is 150 Å². The number of rotatable bonds is 2. The highest BCUT2D eigenvalue weighted by Gasteiger charge is 2.53. The molecule has 3 nitrogen and oxygen atoms in total. The Morgan fingerprint density at radius 1 is 0.526 bits per heavy atom. The summed E-state index contributed by atoms with van der Waals surface area (Å²) in [7, 11) is 0. The monoisotopic (exact) mass is 1030 g/mol. The van der Waals surface area contributed by atoms with Gasteiger partial charge in [-0.2, -0.15) is 0 Å². The molecule has 78 heavy (non-hydrogen) atoms. The van der Waals surface area contributed by atoms with Gasteiger partial charge in [-0.3, -0.25) is 0 Å². The lowest BCUT2D eigenvalue weighted by Crippen LogP contribution is -2.60. The molecule has 8 aromatic carbocycles. The minimum Gasteiger partial charge on any atom is -0.466 e. The number of nitrogens with zero attached hydrogens (tertiary/aromatic N) is 2. The third kappa shape index (κ3) is 6.02. The van der Waals surface area contributed by atoms with Crippen LogP contribution in [-0.2, 0) is 32.5 Å². The number of fused-ring (bicyclic) bond motifs is 20. The van der Waals surface area contributed by atoms with Gasteiger partial charge in [-0.15, -0.1) is 11.3 Å². The highest BCUT2D eigenvalue weighted by Crippen LogP contribution is 2.61. The van der Waals surface area contributed by atoms with E-state index in [1.54, 1.807) is 0 Å². The van der Waals surface area contributed by atoms with Crippen LogP contribution in [0.2, 0.25) is 0 Å². The van der Waals surface area contributed by atoms with Crippen molar-refractivity contribution in [1.29, 1.82) is 0 Å². The van der Waals surface area contributed by atoms with Crippen LogP contribution < -0.4 is 15.9 Å². The van der Waals surface area contributed by atoms with Gasteiger partial charge in [0, 0.05) is 58.7 Å². The lowest BCUT2D eigenvalue weighted by Gasteiger charge is -2.42. The lowest BCUT2D eigenvalue weighted by atomic mass is 9.45. The summed E-state index contributed by atoms with van der Waals surface area (Å²) in [6, 6.07) is 52.6. The van der Waals surface area contributed by atoms with E-state index in [2.05, 4.69) is 233 Å². The molecule has 0 saturated heterocycles. The maximum absolute atomic E-state index is 7.73. The number of benzene rings is 8. The van der Waals surface area contributed by atoms with Crippen LogP contribution in [-0.4, -0.2) is 11.4 Å². The summed E-state index contributed by atoms with van der Waals surface area (Å²) < 4.78 is 13.2. The number of furan rings is 1. The van der Waals surface area contributed by atoms with E-state index < -0.39 is 0 Å². The molecule has 5 aliphatic rings. The fourth-order valence-corrected chi connectivity index (χ4v) is 17.1. The molecule has 0 amide bonds. The van der Waals surface area contributed by atoms with E-state index in [1.807, 2.05) is 11.3 Å². The molecule has 386 valence electrons. The van der Waals surface area contributed by atoms with Gasteiger partial charge in [0.2, 0.25) is 0 Å². The van der Waals surface area contributed by atoms with Crippen LogP contribution in [0.5, 0.6) is 0 Å². The maximum atomic E-state index is 7.73. The van der Waals surface area contributed by atoms with Crippen LogP contribution in [0.3, 0.4) is 0 Å². The quantitative estimate of drug-likeness (QED) is 0.161. The Balaban J connectivity index is 1.13. The Bertz CT molecular complexity index is 4510. The van der Waals surface area contributed by atoms with E-state index in [0.717, 1.165) is 29.5 Å². The molecule has 0 fully saturated rings. The molecule has 0 saturated carbocycles. The third-order valence-corrected chi connectivity index (χ3v) is 21.7. The molecular weight excluding hydrogens is 964 g/mol. The van der Waals surface area contributed by atoms with Crippen molar-refractivity contribution in [3.05, 3.63) is 172 Å². The first-order valence-electron chi connectivity index (χ1n) is 28.9. The predicted molar refractivity (Wildman–Crippen MR) is 335 cm³/mol. The number of aromatic nitrogens is 1. The van der Waals surface area contributed by atoms with Gasteiger partial charge in [-0.05, 0) is 186 Å². The average molecular weight is 1030 g/mol. The number of hydrogen-bond donors (Lipinski definition) is 0. The first kappa shape index (κ1) is 47.2. The second kappa shape index (κ2) is 14.9. The first-order chi connectivity index (χ1) is 37.0. The summed E-state index contributed by atoms with van der Waals surface area (Å²) in [4.78, 5) is 2.72. The van der Waals surface area contributed by atoms with Gasteiger partial charge < -0.3 is 13.8 Å². The molecule has 3 aromatic heterocycles. The van der Waals surface area contributed by atoms with Gasteiger partial charge in [0.1, 0.15) is 11.2 Å². The number of anilines is 2. The summed E-state index contributed by atoms with van der Waals surface area (Å²) in [6.45, 7) is 31.5. The van der Waals surface area contributed by atoms with Gasteiger partial charge in [0.15, 0.2) is 0 Å². The Hall–Kier alpha value is -6.82. The van der Waals surface area contributed by atoms with Gasteiger partial charge >= 0.3 is 6.85 Å². The minimum absolute atomic E-state index is 0.00246. The van der Waals surface area contributed by atoms with Crippen molar-refractivity contribution < 1.29 is 4.42 Å². The van der Waals surface area contributed by atoms with Crippen molar-refractivity contribution in [3.8, 4) is 39.1 Å². The van der Waals surface area contributed by atoms with Gasteiger partial charge in [-0.25, -0.2) is 0 Å². The SMILES string of the molecule is CC(C)(C)c1ccc(N2B3c4oc5ccc(-c6ccccc6)cc5c4-n4c5cc6c(cc5c5c7c(c(c3c54)-c3cc4sc5cc8c(cc5c4cc32)C(C)(C)CCC8(C)C)-c2ccccc2C7(C)C)C(C)(C)CCC6(C)C)cc1. The normalized spacial score (nSPS) is 18.6. The molecule has 5 heteroatoms. The molecule has 11 aromatic rings. The summed E-state index contributed by atoms with van der Waals surface area (Å²) >= 11 is 1.99. The van der Waals surface area contributed by atoms with Gasteiger partial charge in [0.25, 0.3) is 0 Å². The van der Waals surface area contributed by atoms with E-state index in [0.29, 0.717) is 0 Å². The van der Waals surface area contributed by atoms with Crippen LogP contribution in [0.25, 0.3) is 92.0 Å². The van der Waals surface area contributed by atoms with E-state index >= 15 is 0 Å². The van der Waals surface area contributed by atoms with Crippen LogP contribution in [0, 0.1) is 0 Å². The molecule has 5 heterocycles. The standard InChI is InChI=1S/C73H69BN2OS/c1-68(2,3)42-24-26-43(27-25-42)76-56-36-46-45-34-51-54(72(10,11)32-30-69(51,4)5)39-59(45)78-58(46)37-48(56)61-60-44-21-17-18-22-50(44)73(12,13)63(60)62-47-35-52-53(71(8,9)31-29-70(52,6)7)38-55(47)75-65-49-33-41(40-19-15-14-16-20-40)23-28-57(49)77-67(65)74(76)64(61)66(62)75/h14-28,33-39H,29-32H2,1-13H3. The summed E-state index contributed by atoms with van der Waals surface area (Å²) in [5, 5.41) is 6.63. The molecule has 0 bridgehead atoms. The number of thiophene rings is 1. The molecule has 0 atom stereocenters. The molecule has 16 rings (SSSR count). The highest BCUT2D eigenvalue weighted by molar-refractivity contribution is 7.25. The van der Waals surface area contributed by atoms with Crippen molar-refractivity contribution in [2.75, 3.05) is 4.81 Å². The Labute approximate surface area is 464 Å². The smallest absolute Gasteiger partial charge is 0.375 e. The van der Waals surface area contributed by atoms with Crippen molar-refractivity contribution >= 4 is 93.6 Å². The maximum Gasteiger partial charge on any atom is 0.375 e. The van der Waals surface area contributed by atoms with E-state index in [4.69, 9.17) is 4.42 Å². The van der Waals surface area contributed by atoms with Crippen molar-refractivity contribution in [2.45, 2.75) is 148 Å². The van der Waals surface area contributed by atoms with Crippen LogP contribution in [0.15, 0.2) is 138 Å². The summed E-state index contributed by atoms with van der Waals surface area (Å²) in [5.74, 6) is 0. The number of hydrogen-bond acceptors (Lipinski definition) is 3. The molecule has 3 aliphatic carbocycles. The zero-order valence-corrected chi connectivity index (χ0v) is 48.6. The molecule has 0 spiro atoms. The van der Waals surface area contributed by atoms with Crippen molar-refractivity contribution in [2.24, 2.45) is 0 Å². The van der Waals surface area contributed by atoms with Crippen LogP contribution in [0.1, 0.15) is 155 Å². The van der Waals surface area contributed by atoms with Crippen LogP contribution >= 0.6 is 11.3 Å². The van der Waals surface area contributed by atoms with Crippen molar-refractivity contribution in [3.63, 3.8) is 0 Å². The second-order valence-electron chi connectivity index (χ2n) is 28.5. The Morgan fingerprint density at radius 3 is 1.81 bits per heavy atom. The fraction of sp³-hybridized carbons (Fsp3) is 0.315. The molecular formula is C73H69BN2OS. The second-order valence-corrected chi connectivity index (χ2v) is 29.6. The summed E-state index contributed by atoms with van der Waals surface area (Å²) in [6.07, 6.45) is 4.69. The summed E-state index contributed by atoms with van der Waals surface area (Å²) in [5.41, 5.74) is 27.5. The Kier molecular flexibility index (Phi) is 9.01. The van der Waals surface area contributed by atoms with Crippen LogP contribution in [0.4, 0.5) is 11.4 Å². The third-order valence-electron chi connectivity index (χ3n) is 20.6. The Morgan fingerprint density at radius 2 is 1.13 bits per heavy atom. The topological polar surface area (TPSA) is 21.3 Å². The molecule has 2 aliphatic heterocycles. The zero-order chi connectivity index (χ0) is 53.7. The largest absolute Gasteiger partial charge is 0.466 e. The highest BCUT2D eigenvalue weighted by atomic mass is 32.1. The van der Waals surface area contributed by atoms with Crippen molar-refractivity contribution in [1.82, 2.24) is 4.57 Å². The molecule has 0 N–H and O–H groups in total. The lowest BCUT2D eigenvalue weighted by molar-refractivity contribution is 0.332. The van der Waals surface area contributed by atoms with E-state index in [9.17, 15) is 0 Å². The van der Waals surface area contributed by atoms with Gasteiger partial charge in [-0.1, -0.05) is 163 Å². The fourth-order valence-electron chi connectivity index (χ4n) is 15.9. The van der Waals surface area contributed by atoms with E-state index in [-0.39, 0.29) is 39.3 Å². The molecule has 0 radical (unpaired) electrons. The molecule has 0 unspecified atom stereocenters. The minimum atomic E-state index is -0.292. The zero-order valence-electron chi connectivity index (χ0n) is 47.8. The van der Waals surface area contributed by atoms with Gasteiger partial charge in [0.05, 0.1) is 16.7 Å². The first-order valence-corrected chi connectivity index (χ1v) is 29.8. The predicted octanol–water partition coefficient (Wildman–Crippen LogP) is 19.1. The average Bonchev–Trinajstić information content (AvgIpc) is 2.10.